The highest BCUT2D eigenvalue weighted by atomic mass is 35.5. The lowest BCUT2D eigenvalue weighted by Gasteiger charge is -2.30. The Balaban J connectivity index is 1.73. The number of benzene rings is 2. The van der Waals surface area contributed by atoms with Crippen LogP contribution in [-0.4, -0.2) is 9.55 Å². The van der Waals surface area contributed by atoms with Crippen LogP contribution in [0.5, 0.6) is 0 Å². The molecule has 1 atom stereocenters. The summed E-state index contributed by atoms with van der Waals surface area (Å²) in [6.45, 7) is 0.861. The molecule has 1 aliphatic rings. The van der Waals surface area contributed by atoms with Gasteiger partial charge in [0.2, 0.25) is 5.95 Å². The Morgan fingerprint density at radius 3 is 2.95 bits per heavy atom. The van der Waals surface area contributed by atoms with Gasteiger partial charge in [-0.05, 0) is 35.7 Å². The van der Waals surface area contributed by atoms with Crippen LogP contribution in [0.1, 0.15) is 17.0 Å². The van der Waals surface area contributed by atoms with Crippen molar-refractivity contribution in [2.75, 3.05) is 5.73 Å². The second-order valence-electron chi connectivity index (χ2n) is 5.31. The van der Waals surface area contributed by atoms with Gasteiger partial charge in [0, 0.05) is 17.5 Å². The molecule has 4 heteroatoms. The Morgan fingerprint density at radius 1 is 1.25 bits per heavy atom. The molecule has 100 valence electrons. The minimum absolute atomic E-state index is 0.518. The number of hydrogen-bond acceptors (Lipinski definition) is 2. The average molecular weight is 284 g/mol. The monoisotopic (exact) mass is 283 g/mol. The molecule has 1 aromatic heterocycles. The Kier molecular flexibility index (Phi) is 2.51. The van der Waals surface area contributed by atoms with Crippen LogP contribution in [0.4, 0.5) is 5.95 Å². The number of anilines is 1. The predicted molar refractivity (Wildman–Crippen MR) is 82.0 cm³/mol. The Bertz CT molecular complexity index is 807. The van der Waals surface area contributed by atoms with Crippen LogP contribution >= 0.6 is 11.6 Å². The first-order chi connectivity index (χ1) is 9.72. The number of nitrogens with zero attached hydrogens (tertiary/aromatic N) is 2. The van der Waals surface area contributed by atoms with E-state index in [1.165, 1.54) is 11.1 Å². The van der Waals surface area contributed by atoms with Crippen molar-refractivity contribution < 1.29 is 0 Å². The van der Waals surface area contributed by atoms with Crippen molar-refractivity contribution in [2.24, 2.45) is 0 Å². The van der Waals surface area contributed by atoms with Crippen LogP contribution in [0, 0.1) is 0 Å². The van der Waals surface area contributed by atoms with Crippen LogP contribution in [0.3, 0.4) is 0 Å². The average Bonchev–Trinajstić information content (AvgIpc) is 2.72. The van der Waals surface area contributed by atoms with Crippen LogP contribution in [0.2, 0.25) is 5.02 Å². The molecule has 0 fully saturated rings. The lowest BCUT2D eigenvalue weighted by molar-refractivity contribution is 0.521. The smallest absolute Gasteiger partial charge is 0.201 e. The summed E-state index contributed by atoms with van der Waals surface area (Å²) in [6, 6.07) is 14.3. The van der Waals surface area contributed by atoms with E-state index in [4.69, 9.17) is 17.3 Å². The fourth-order valence-electron chi connectivity index (χ4n) is 3.05. The molecule has 20 heavy (non-hydrogen) atoms. The SMILES string of the molecule is Nc1nc2ccc(Cl)cc2n1CC1Cc2ccccc21. The first-order valence-corrected chi connectivity index (χ1v) is 7.09. The van der Waals surface area contributed by atoms with Crippen molar-refractivity contribution in [2.45, 2.75) is 18.9 Å². The molecule has 1 heterocycles. The van der Waals surface area contributed by atoms with Gasteiger partial charge in [-0.25, -0.2) is 4.98 Å². The molecule has 0 amide bonds. The van der Waals surface area contributed by atoms with Gasteiger partial charge >= 0.3 is 0 Å². The van der Waals surface area contributed by atoms with E-state index in [1.807, 2.05) is 18.2 Å². The predicted octanol–water partition coefficient (Wildman–Crippen LogP) is 3.61. The summed E-state index contributed by atoms with van der Waals surface area (Å²) in [6.07, 6.45) is 1.11. The molecular weight excluding hydrogens is 270 g/mol. The van der Waals surface area contributed by atoms with E-state index in [-0.39, 0.29) is 0 Å². The number of nitrogen functional groups attached to an aromatic ring is 1. The highest BCUT2D eigenvalue weighted by Crippen LogP contribution is 2.37. The normalized spacial score (nSPS) is 16.9. The summed E-state index contributed by atoms with van der Waals surface area (Å²) < 4.78 is 2.07. The van der Waals surface area contributed by atoms with E-state index in [0.29, 0.717) is 16.9 Å². The third kappa shape index (κ3) is 1.70. The van der Waals surface area contributed by atoms with Gasteiger partial charge in [0.15, 0.2) is 0 Å². The van der Waals surface area contributed by atoms with E-state index >= 15 is 0 Å². The number of imidazole rings is 1. The van der Waals surface area contributed by atoms with Gasteiger partial charge in [0.05, 0.1) is 11.0 Å². The van der Waals surface area contributed by atoms with Crippen molar-refractivity contribution in [3.63, 3.8) is 0 Å². The zero-order valence-corrected chi connectivity index (χ0v) is 11.6. The summed E-state index contributed by atoms with van der Waals surface area (Å²) in [5.41, 5.74) is 10.8. The highest BCUT2D eigenvalue weighted by Gasteiger charge is 2.26. The van der Waals surface area contributed by atoms with Crippen LogP contribution in [0.15, 0.2) is 42.5 Å². The second-order valence-corrected chi connectivity index (χ2v) is 5.75. The first kappa shape index (κ1) is 11.8. The highest BCUT2D eigenvalue weighted by molar-refractivity contribution is 6.31. The quantitative estimate of drug-likeness (QED) is 0.781. The second kappa shape index (κ2) is 4.25. The largest absolute Gasteiger partial charge is 0.369 e. The Morgan fingerprint density at radius 2 is 2.10 bits per heavy atom. The van der Waals surface area contributed by atoms with Gasteiger partial charge in [-0.15, -0.1) is 0 Å². The summed E-state index contributed by atoms with van der Waals surface area (Å²) >= 11 is 6.08. The number of nitrogens with two attached hydrogens (primary N) is 1. The van der Waals surface area contributed by atoms with Crippen molar-refractivity contribution in [3.05, 3.63) is 58.6 Å². The molecule has 0 saturated heterocycles. The zero-order chi connectivity index (χ0) is 13.7. The van der Waals surface area contributed by atoms with Gasteiger partial charge in [0.25, 0.3) is 0 Å². The number of fused-ring (bicyclic) bond motifs is 2. The molecule has 4 rings (SSSR count). The van der Waals surface area contributed by atoms with Crippen molar-refractivity contribution >= 4 is 28.6 Å². The lowest BCUT2D eigenvalue weighted by Crippen LogP contribution is -2.22. The van der Waals surface area contributed by atoms with Crippen LogP contribution < -0.4 is 5.73 Å². The molecule has 0 saturated carbocycles. The van der Waals surface area contributed by atoms with Gasteiger partial charge in [-0.1, -0.05) is 35.9 Å². The molecule has 0 spiro atoms. The van der Waals surface area contributed by atoms with Crippen LogP contribution in [0.25, 0.3) is 11.0 Å². The van der Waals surface area contributed by atoms with Gasteiger partial charge in [-0.2, -0.15) is 0 Å². The molecule has 1 aliphatic carbocycles. The molecule has 0 aliphatic heterocycles. The van der Waals surface area contributed by atoms with Crippen LogP contribution in [-0.2, 0) is 13.0 Å². The summed E-state index contributed by atoms with van der Waals surface area (Å²) in [5, 5.41) is 0.715. The zero-order valence-electron chi connectivity index (χ0n) is 10.9. The van der Waals surface area contributed by atoms with Gasteiger partial charge < -0.3 is 10.3 Å². The number of rotatable bonds is 2. The van der Waals surface area contributed by atoms with E-state index in [0.717, 1.165) is 24.0 Å². The maximum atomic E-state index is 6.08. The minimum atomic E-state index is 0.518. The summed E-state index contributed by atoms with van der Waals surface area (Å²) in [5.74, 6) is 1.08. The fourth-order valence-corrected chi connectivity index (χ4v) is 3.22. The summed E-state index contributed by atoms with van der Waals surface area (Å²) in [4.78, 5) is 4.40. The van der Waals surface area contributed by atoms with Crippen molar-refractivity contribution in [1.82, 2.24) is 9.55 Å². The molecule has 1 unspecified atom stereocenters. The van der Waals surface area contributed by atoms with E-state index in [1.54, 1.807) is 0 Å². The molecule has 3 nitrogen and oxygen atoms in total. The Labute approximate surface area is 122 Å². The minimum Gasteiger partial charge on any atom is -0.369 e. The van der Waals surface area contributed by atoms with Gasteiger partial charge in [-0.3, -0.25) is 0 Å². The third-order valence-corrected chi connectivity index (χ3v) is 4.34. The van der Waals surface area contributed by atoms with E-state index in [9.17, 15) is 0 Å². The van der Waals surface area contributed by atoms with Crippen molar-refractivity contribution in [1.29, 1.82) is 0 Å². The third-order valence-electron chi connectivity index (χ3n) is 4.10. The molecular formula is C16H14ClN3. The summed E-state index contributed by atoms with van der Waals surface area (Å²) in [7, 11) is 0. The molecule has 2 aromatic carbocycles. The number of halogens is 1. The molecule has 0 radical (unpaired) electrons. The number of hydrogen-bond donors (Lipinski definition) is 1. The Hall–Kier alpha value is -2.00. The van der Waals surface area contributed by atoms with E-state index < -0.39 is 0 Å². The van der Waals surface area contributed by atoms with Gasteiger partial charge in [0.1, 0.15) is 0 Å². The van der Waals surface area contributed by atoms with E-state index in [2.05, 4.69) is 33.8 Å². The first-order valence-electron chi connectivity index (χ1n) is 6.71. The maximum Gasteiger partial charge on any atom is 0.201 e. The molecule has 3 aromatic rings. The molecule has 0 bridgehead atoms. The fraction of sp³-hybridized carbons (Fsp3) is 0.188. The lowest BCUT2D eigenvalue weighted by atomic mass is 9.77. The number of aromatic nitrogens is 2. The topological polar surface area (TPSA) is 43.8 Å². The molecule has 2 N–H and O–H groups in total. The standard InChI is InChI=1S/C16H14ClN3/c17-12-5-6-14-15(8-12)20(16(18)19-14)9-11-7-10-3-1-2-4-13(10)11/h1-6,8,11H,7,9H2,(H2,18,19). The maximum absolute atomic E-state index is 6.08. The van der Waals surface area contributed by atoms with Crippen molar-refractivity contribution in [3.8, 4) is 0 Å².